The fourth-order valence-electron chi connectivity index (χ4n) is 1.96. The molecule has 5 nitrogen and oxygen atoms in total. The number of halogens is 1. The predicted molar refractivity (Wildman–Crippen MR) is 96.4 cm³/mol. The molecule has 0 fully saturated rings. The second-order valence-corrected chi connectivity index (χ2v) is 7.03. The fourth-order valence-corrected chi connectivity index (χ4v) is 1.96. The van der Waals surface area contributed by atoms with E-state index in [2.05, 4.69) is 0 Å². The topological polar surface area (TPSA) is 49.9 Å². The number of esters is 1. The number of benzene rings is 1. The van der Waals surface area contributed by atoms with E-state index in [1.54, 1.807) is 39.0 Å². The number of rotatable bonds is 7. The van der Waals surface area contributed by atoms with E-state index < -0.39 is 11.6 Å². The molecule has 0 bridgehead atoms. The number of carbonyl (C=O) groups is 2. The monoisotopic (exact) mass is 350 g/mol. The summed E-state index contributed by atoms with van der Waals surface area (Å²) in [6, 6.07) is 5.82. The Bertz CT molecular complexity index is 604. The summed E-state index contributed by atoms with van der Waals surface area (Å²) in [5.41, 5.74) is 0.108. The lowest BCUT2D eigenvalue weighted by Gasteiger charge is -2.25. The summed E-state index contributed by atoms with van der Waals surface area (Å²) in [6.45, 7) is 6.26. The first-order valence-corrected chi connectivity index (χ1v) is 8.16. The Hall–Kier alpha value is -2.21. The molecule has 1 amide bonds. The van der Waals surface area contributed by atoms with Crippen LogP contribution in [-0.2, 0) is 14.3 Å². The summed E-state index contributed by atoms with van der Waals surface area (Å²) in [7, 11) is 3.79. The fraction of sp³-hybridized carbons (Fsp3) is 0.474. The molecule has 0 aliphatic rings. The zero-order chi connectivity index (χ0) is 19.0. The smallest absolute Gasteiger partial charge is 0.326 e. The third-order valence-corrected chi connectivity index (χ3v) is 3.16. The van der Waals surface area contributed by atoms with E-state index in [4.69, 9.17) is 4.74 Å². The highest BCUT2D eigenvalue weighted by molar-refractivity contribution is 5.93. The zero-order valence-corrected chi connectivity index (χ0v) is 15.6. The largest absolute Gasteiger partial charge is 0.459 e. The van der Waals surface area contributed by atoms with Crippen LogP contribution in [0.1, 0.15) is 26.3 Å². The Labute approximate surface area is 149 Å². The number of hydrogen-bond acceptors (Lipinski definition) is 4. The quantitative estimate of drug-likeness (QED) is 0.560. The van der Waals surface area contributed by atoms with Crippen molar-refractivity contribution < 1.29 is 18.7 Å². The molecule has 0 heterocycles. The molecule has 0 aliphatic heterocycles. The summed E-state index contributed by atoms with van der Waals surface area (Å²) >= 11 is 0. The third-order valence-electron chi connectivity index (χ3n) is 3.16. The van der Waals surface area contributed by atoms with Gasteiger partial charge in [0, 0.05) is 19.2 Å². The van der Waals surface area contributed by atoms with Crippen molar-refractivity contribution >= 4 is 18.0 Å². The average Bonchev–Trinajstić information content (AvgIpc) is 2.48. The Morgan fingerprint density at radius 3 is 2.24 bits per heavy atom. The van der Waals surface area contributed by atoms with Crippen molar-refractivity contribution in [2.45, 2.75) is 26.4 Å². The number of carbonyl (C=O) groups excluding carboxylic acids is 2. The van der Waals surface area contributed by atoms with Gasteiger partial charge in [-0.2, -0.15) is 0 Å². The molecular formula is C19H27FN2O3. The summed E-state index contributed by atoms with van der Waals surface area (Å²) < 4.78 is 18.2. The second kappa shape index (κ2) is 9.32. The number of hydrogen-bond donors (Lipinski definition) is 0. The van der Waals surface area contributed by atoms with Crippen LogP contribution in [-0.4, -0.2) is 61.0 Å². The SMILES string of the molecule is CN(C)CCN(CC(=O)OC(C)(C)C)C(=O)/C=C/c1ccc(F)cc1. The Morgan fingerprint density at radius 1 is 1.12 bits per heavy atom. The minimum atomic E-state index is -0.600. The Balaban J connectivity index is 2.77. The molecule has 0 N–H and O–H groups in total. The number of ether oxygens (including phenoxy) is 1. The van der Waals surface area contributed by atoms with Gasteiger partial charge in [-0.1, -0.05) is 12.1 Å². The van der Waals surface area contributed by atoms with E-state index in [0.717, 1.165) is 0 Å². The normalized spacial score (nSPS) is 11.8. The van der Waals surface area contributed by atoms with Crippen molar-refractivity contribution in [1.82, 2.24) is 9.80 Å². The highest BCUT2D eigenvalue weighted by Gasteiger charge is 2.21. The zero-order valence-electron chi connectivity index (χ0n) is 15.6. The van der Waals surface area contributed by atoms with Gasteiger partial charge in [0.25, 0.3) is 0 Å². The molecule has 0 unspecified atom stereocenters. The van der Waals surface area contributed by atoms with Crippen molar-refractivity contribution in [1.29, 1.82) is 0 Å². The third kappa shape index (κ3) is 9.00. The van der Waals surface area contributed by atoms with Crippen molar-refractivity contribution in [2.24, 2.45) is 0 Å². The van der Waals surface area contributed by atoms with Gasteiger partial charge in [0.2, 0.25) is 5.91 Å². The molecule has 0 spiro atoms. The van der Waals surface area contributed by atoms with Gasteiger partial charge >= 0.3 is 5.97 Å². The van der Waals surface area contributed by atoms with Crippen LogP contribution in [0.4, 0.5) is 4.39 Å². The highest BCUT2D eigenvalue weighted by atomic mass is 19.1. The van der Waals surface area contributed by atoms with Gasteiger partial charge in [-0.15, -0.1) is 0 Å². The van der Waals surface area contributed by atoms with E-state index in [-0.39, 0.29) is 18.3 Å². The Morgan fingerprint density at radius 2 is 1.72 bits per heavy atom. The van der Waals surface area contributed by atoms with E-state index in [1.165, 1.54) is 23.1 Å². The number of nitrogens with zero attached hydrogens (tertiary/aromatic N) is 2. The van der Waals surface area contributed by atoms with E-state index in [9.17, 15) is 14.0 Å². The Kier molecular flexibility index (Phi) is 7.77. The van der Waals surface area contributed by atoms with E-state index in [1.807, 2.05) is 19.0 Å². The van der Waals surface area contributed by atoms with E-state index >= 15 is 0 Å². The molecular weight excluding hydrogens is 323 g/mol. The van der Waals surface area contributed by atoms with Gasteiger partial charge in [0.1, 0.15) is 18.0 Å². The van der Waals surface area contributed by atoms with Crippen molar-refractivity contribution in [3.8, 4) is 0 Å². The molecule has 0 atom stereocenters. The van der Waals surface area contributed by atoms with Crippen molar-refractivity contribution in [3.63, 3.8) is 0 Å². The molecule has 0 saturated carbocycles. The molecule has 25 heavy (non-hydrogen) atoms. The van der Waals surface area contributed by atoms with Gasteiger partial charge in [-0.05, 0) is 58.6 Å². The van der Waals surface area contributed by atoms with Gasteiger partial charge < -0.3 is 14.5 Å². The highest BCUT2D eigenvalue weighted by Crippen LogP contribution is 2.09. The molecule has 1 aromatic rings. The molecule has 1 aromatic carbocycles. The predicted octanol–water partition coefficient (Wildman–Crippen LogP) is 2.57. The molecule has 0 radical (unpaired) electrons. The average molecular weight is 350 g/mol. The molecule has 1 rings (SSSR count). The maximum Gasteiger partial charge on any atom is 0.326 e. The second-order valence-electron chi connectivity index (χ2n) is 7.03. The summed E-state index contributed by atoms with van der Waals surface area (Å²) in [4.78, 5) is 27.8. The summed E-state index contributed by atoms with van der Waals surface area (Å²) in [6.07, 6.45) is 2.98. The molecule has 0 aliphatic carbocycles. The summed E-state index contributed by atoms with van der Waals surface area (Å²) in [5, 5.41) is 0. The van der Waals surface area contributed by atoms with Crippen LogP contribution in [0, 0.1) is 5.82 Å². The first-order chi connectivity index (χ1) is 11.6. The van der Waals surface area contributed by atoms with Crippen LogP contribution >= 0.6 is 0 Å². The standard InChI is InChI=1S/C19H27FN2O3/c1-19(2,3)25-18(24)14-22(13-12-21(4)5)17(23)11-8-15-6-9-16(20)10-7-15/h6-11H,12-14H2,1-5H3/b11-8+. The lowest BCUT2D eigenvalue weighted by atomic mass is 10.2. The minimum Gasteiger partial charge on any atom is -0.459 e. The van der Waals surface area contributed by atoms with Crippen LogP contribution in [0.3, 0.4) is 0 Å². The van der Waals surface area contributed by atoms with Crippen molar-refractivity contribution in [3.05, 3.63) is 41.7 Å². The number of likely N-dealkylation sites (N-methyl/N-ethyl adjacent to an activating group) is 1. The lowest BCUT2D eigenvalue weighted by Crippen LogP contribution is -2.41. The van der Waals surface area contributed by atoms with Crippen LogP contribution in [0.15, 0.2) is 30.3 Å². The molecule has 6 heteroatoms. The lowest BCUT2D eigenvalue weighted by molar-refractivity contribution is -0.158. The molecule has 0 saturated heterocycles. The van der Waals surface area contributed by atoms with Crippen LogP contribution in [0.25, 0.3) is 6.08 Å². The van der Waals surface area contributed by atoms with Crippen LogP contribution in [0.2, 0.25) is 0 Å². The maximum atomic E-state index is 12.9. The first kappa shape index (κ1) is 20.8. The molecule has 0 aromatic heterocycles. The molecule has 138 valence electrons. The van der Waals surface area contributed by atoms with E-state index in [0.29, 0.717) is 18.7 Å². The van der Waals surface area contributed by atoms with Crippen LogP contribution < -0.4 is 0 Å². The van der Waals surface area contributed by atoms with Gasteiger partial charge in [-0.25, -0.2) is 4.39 Å². The number of amides is 1. The van der Waals surface area contributed by atoms with Gasteiger partial charge in [-0.3, -0.25) is 9.59 Å². The first-order valence-electron chi connectivity index (χ1n) is 8.16. The van der Waals surface area contributed by atoms with Gasteiger partial charge in [0.15, 0.2) is 0 Å². The van der Waals surface area contributed by atoms with Crippen LogP contribution in [0.5, 0.6) is 0 Å². The minimum absolute atomic E-state index is 0.113. The van der Waals surface area contributed by atoms with Gasteiger partial charge in [0.05, 0.1) is 0 Å². The maximum absolute atomic E-state index is 12.9. The summed E-state index contributed by atoms with van der Waals surface area (Å²) in [5.74, 6) is -1.08. The van der Waals surface area contributed by atoms with Crippen molar-refractivity contribution in [2.75, 3.05) is 33.7 Å².